The van der Waals surface area contributed by atoms with Crippen LogP contribution in [0.2, 0.25) is 0 Å². The predicted molar refractivity (Wildman–Crippen MR) is 45.0 cm³/mol. The highest BCUT2D eigenvalue weighted by atomic mass is 32.2. The summed E-state index contributed by atoms with van der Waals surface area (Å²) in [6.07, 6.45) is -0.417. The van der Waals surface area contributed by atoms with Crippen LogP contribution in [0.25, 0.3) is 0 Å². The van der Waals surface area contributed by atoms with Gasteiger partial charge in [-0.3, -0.25) is 0 Å². The van der Waals surface area contributed by atoms with Crippen molar-refractivity contribution in [1.29, 1.82) is 0 Å². The molecule has 0 unspecified atom stereocenters. The van der Waals surface area contributed by atoms with Gasteiger partial charge in [-0.05, 0) is 0 Å². The Morgan fingerprint density at radius 2 is 2.21 bits per heavy atom. The Hall–Kier alpha value is -0.660. The maximum Gasteiger partial charge on any atom is 0.159 e. The lowest BCUT2D eigenvalue weighted by Gasteiger charge is -2.14. The van der Waals surface area contributed by atoms with E-state index >= 15 is 0 Å². The number of carboxylic acid groups (broad SMARTS) is 1. The van der Waals surface area contributed by atoms with E-state index in [2.05, 4.69) is 0 Å². The number of aliphatic carboxylic acids is 1. The molecule has 82 valence electrons. The summed E-state index contributed by atoms with van der Waals surface area (Å²) in [5.41, 5.74) is 0. The number of carbonyl (C=O) groups excluding carboxylic acids is 1. The zero-order valence-corrected chi connectivity index (χ0v) is 8.62. The number of hydrogen-bond acceptors (Lipinski definition) is 5. The van der Waals surface area contributed by atoms with Gasteiger partial charge in [-0.15, -0.1) is 0 Å². The highest BCUT2D eigenvalue weighted by molar-refractivity contribution is 7.91. The molecule has 2 N–H and O–H groups in total. The molecule has 1 aliphatic heterocycles. The Morgan fingerprint density at radius 3 is 2.71 bits per heavy atom. The molecule has 0 aromatic carbocycles. The van der Waals surface area contributed by atoms with E-state index in [4.69, 9.17) is 4.74 Å². The first-order valence-electron chi connectivity index (χ1n) is 4.21. The van der Waals surface area contributed by atoms with Crippen molar-refractivity contribution in [2.75, 3.05) is 25.2 Å². The number of hydrogen-bond donors (Lipinski definition) is 1. The summed E-state index contributed by atoms with van der Waals surface area (Å²) in [4.78, 5) is 10.2. The fourth-order valence-electron chi connectivity index (χ4n) is 1.55. The summed E-state index contributed by atoms with van der Waals surface area (Å²) in [6, 6.07) is -0.331. The number of carbonyl (C=O) groups is 1. The lowest BCUT2D eigenvalue weighted by molar-refractivity contribution is -0.685. The molecule has 0 spiro atoms. The summed E-state index contributed by atoms with van der Waals surface area (Å²) >= 11 is 0. The molecule has 14 heavy (non-hydrogen) atoms. The molecule has 1 rings (SSSR count). The number of rotatable bonds is 4. The molecule has 2 atom stereocenters. The molecule has 0 aromatic rings. The number of carboxylic acids is 1. The van der Waals surface area contributed by atoms with Crippen molar-refractivity contribution in [1.82, 2.24) is 0 Å². The van der Waals surface area contributed by atoms with Crippen LogP contribution in [0, 0.1) is 0 Å². The van der Waals surface area contributed by atoms with E-state index in [-0.39, 0.29) is 24.1 Å². The molecular weight excluding hydrogens is 210 g/mol. The maximum atomic E-state index is 11.2. The van der Waals surface area contributed by atoms with Gasteiger partial charge < -0.3 is 20.0 Å². The van der Waals surface area contributed by atoms with E-state index in [9.17, 15) is 18.3 Å². The fourth-order valence-corrected chi connectivity index (χ4v) is 3.51. The van der Waals surface area contributed by atoms with Crippen LogP contribution in [-0.4, -0.2) is 51.7 Å². The lowest BCUT2D eigenvalue weighted by atomic mass is 10.2. The topological polar surface area (TPSA) is 100 Å². The van der Waals surface area contributed by atoms with E-state index in [1.54, 1.807) is 0 Å². The summed E-state index contributed by atoms with van der Waals surface area (Å²) < 4.78 is 27.4. The minimum Gasteiger partial charge on any atom is -0.544 e. The number of quaternary nitrogens is 1. The van der Waals surface area contributed by atoms with Gasteiger partial charge >= 0.3 is 0 Å². The minimum absolute atomic E-state index is 0.0290. The predicted octanol–water partition coefficient (Wildman–Crippen LogP) is -3.89. The summed E-state index contributed by atoms with van der Waals surface area (Å²) in [5.74, 6) is -1.26. The van der Waals surface area contributed by atoms with Crippen molar-refractivity contribution in [2.24, 2.45) is 0 Å². The van der Waals surface area contributed by atoms with Gasteiger partial charge in [-0.25, -0.2) is 8.42 Å². The smallest absolute Gasteiger partial charge is 0.159 e. The van der Waals surface area contributed by atoms with E-state index in [1.165, 1.54) is 12.4 Å². The summed E-state index contributed by atoms with van der Waals surface area (Å²) in [6.45, 7) is -0.236. The Morgan fingerprint density at radius 1 is 1.57 bits per heavy atom. The normalized spacial score (nSPS) is 30.4. The van der Waals surface area contributed by atoms with Crippen molar-refractivity contribution in [2.45, 2.75) is 12.1 Å². The number of nitrogens with two attached hydrogens (primary N) is 1. The van der Waals surface area contributed by atoms with E-state index in [0.717, 1.165) is 0 Å². The molecule has 0 radical (unpaired) electrons. The molecule has 1 saturated heterocycles. The third-order valence-corrected chi connectivity index (χ3v) is 3.96. The lowest BCUT2D eigenvalue weighted by Crippen LogP contribution is -2.94. The minimum atomic E-state index is -3.07. The van der Waals surface area contributed by atoms with Gasteiger partial charge in [-0.2, -0.15) is 0 Å². The molecule has 0 amide bonds. The number of methoxy groups -OCH3 is 1. The van der Waals surface area contributed by atoms with Crippen LogP contribution < -0.4 is 10.4 Å². The monoisotopic (exact) mass is 223 g/mol. The van der Waals surface area contributed by atoms with Crippen LogP contribution in [0.15, 0.2) is 0 Å². The van der Waals surface area contributed by atoms with Crippen molar-refractivity contribution >= 4 is 15.8 Å². The van der Waals surface area contributed by atoms with Gasteiger partial charge in [0, 0.05) is 7.11 Å². The average molecular weight is 223 g/mol. The Bertz CT molecular complexity index is 312. The SMILES string of the molecule is CO[C@H]1CS(=O)(=O)C[C@H]1[NH2+]CC(=O)[O-]. The Balaban J connectivity index is 2.55. The fraction of sp³-hybridized carbons (Fsp3) is 0.857. The van der Waals surface area contributed by atoms with Crippen LogP contribution in [0.1, 0.15) is 0 Å². The van der Waals surface area contributed by atoms with Crippen LogP contribution in [-0.2, 0) is 19.4 Å². The van der Waals surface area contributed by atoms with E-state index in [0.29, 0.717) is 0 Å². The highest BCUT2D eigenvalue weighted by Crippen LogP contribution is 2.12. The van der Waals surface area contributed by atoms with E-state index in [1.807, 2.05) is 0 Å². The van der Waals surface area contributed by atoms with Gasteiger partial charge in [0.1, 0.15) is 24.4 Å². The molecule has 1 aliphatic rings. The number of ether oxygens (including phenoxy) is 1. The van der Waals surface area contributed by atoms with Crippen molar-refractivity contribution in [3.8, 4) is 0 Å². The second kappa shape index (κ2) is 4.24. The Labute approximate surface area is 82.2 Å². The molecule has 0 aliphatic carbocycles. The molecule has 1 heterocycles. The molecule has 6 nitrogen and oxygen atoms in total. The average Bonchev–Trinajstić information content (AvgIpc) is 2.37. The highest BCUT2D eigenvalue weighted by Gasteiger charge is 2.40. The largest absolute Gasteiger partial charge is 0.544 e. The standard InChI is InChI=1S/C7H13NO5S/c1-13-6-4-14(11,12)3-5(6)8-2-7(9)10/h5-6,8H,2-4H2,1H3,(H,9,10)/t5-,6+/m1/s1. The second-order valence-corrected chi connectivity index (χ2v) is 5.48. The first-order chi connectivity index (χ1) is 6.44. The van der Waals surface area contributed by atoms with Crippen molar-refractivity contribution in [3.05, 3.63) is 0 Å². The van der Waals surface area contributed by atoms with Crippen LogP contribution in [0.5, 0.6) is 0 Å². The first kappa shape index (κ1) is 11.4. The van der Waals surface area contributed by atoms with Gasteiger partial charge in [0.15, 0.2) is 9.84 Å². The molecule has 1 fully saturated rings. The Kier molecular flexibility index (Phi) is 3.46. The van der Waals surface area contributed by atoms with Crippen LogP contribution in [0.4, 0.5) is 0 Å². The van der Waals surface area contributed by atoms with Gasteiger partial charge in [0.05, 0.1) is 11.7 Å². The van der Waals surface area contributed by atoms with Gasteiger partial charge in [0.2, 0.25) is 0 Å². The quantitative estimate of drug-likeness (QED) is 0.525. The van der Waals surface area contributed by atoms with Crippen LogP contribution in [0.3, 0.4) is 0 Å². The third kappa shape index (κ3) is 2.93. The first-order valence-corrected chi connectivity index (χ1v) is 6.03. The number of sulfone groups is 1. The molecular formula is C7H13NO5S. The third-order valence-electron chi connectivity index (χ3n) is 2.23. The summed E-state index contributed by atoms with van der Waals surface area (Å²) in [7, 11) is -1.65. The molecule has 0 bridgehead atoms. The molecule has 0 saturated carbocycles. The molecule has 0 aromatic heterocycles. The maximum absolute atomic E-state index is 11.2. The van der Waals surface area contributed by atoms with Gasteiger partial charge in [-0.1, -0.05) is 0 Å². The second-order valence-electron chi connectivity index (χ2n) is 3.33. The zero-order chi connectivity index (χ0) is 10.8. The van der Waals surface area contributed by atoms with E-state index < -0.39 is 21.9 Å². The van der Waals surface area contributed by atoms with Gasteiger partial charge in [0.25, 0.3) is 0 Å². The molecule has 7 heteroatoms. The van der Waals surface area contributed by atoms with Crippen molar-refractivity contribution in [3.63, 3.8) is 0 Å². The zero-order valence-electron chi connectivity index (χ0n) is 7.80. The summed E-state index contributed by atoms with van der Waals surface area (Å²) in [5, 5.41) is 11.6. The van der Waals surface area contributed by atoms with Crippen LogP contribution >= 0.6 is 0 Å². The van der Waals surface area contributed by atoms with Crippen molar-refractivity contribution < 1.29 is 28.4 Å².